The largest absolute Gasteiger partial charge is 0.505 e. The number of phenolic OH excluding ortho intramolecular Hbond substituents is 1. The highest BCUT2D eigenvalue weighted by Crippen LogP contribution is 2.28. The smallest absolute Gasteiger partial charge is 0.239 e. The first-order valence-electron chi connectivity index (χ1n) is 7.53. The molecule has 0 amide bonds. The number of tetrazole rings is 1. The van der Waals surface area contributed by atoms with E-state index in [0.29, 0.717) is 40.7 Å². The van der Waals surface area contributed by atoms with Gasteiger partial charge in [-0.15, -0.1) is 10.2 Å². The van der Waals surface area contributed by atoms with E-state index in [2.05, 4.69) is 20.6 Å². The first-order valence-corrected chi connectivity index (χ1v) is 7.53. The lowest BCUT2D eigenvalue weighted by Gasteiger charge is -2.05. The fraction of sp³-hybridized carbons (Fsp3) is 0.118. The van der Waals surface area contributed by atoms with Crippen LogP contribution in [0.4, 0.5) is 8.78 Å². The molecule has 0 saturated carbocycles. The van der Waals surface area contributed by atoms with Gasteiger partial charge in [0.1, 0.15) is 11.4 Å². The van der Waals surface area contributed by atoms with Gasteiger partial charge in [-0.05, 0) is 59.5 Å². The minimum absolute atomic E-state index is 0.290. The predicted octanol–water partition coefficient (Wildman–Crippen LogP) is 3.38. The van der Waals surface area contributed by atoms with Crippen LogP contribution in [0.1, 0.15) is 11.1 Å². The van der Waals surface area contributed by atoms with E-state index < -0.39 is 11.6 Å². The van der Waals surface area contributed by atoms with Crippen molar-refractivity contribution in [1.29, 1.82) is 0 Å². The summed E-state index contributed by atoms with van der Waals surface area (Å²) >= 11 is 0. The molecule has 2 aromatic heterocycles. The second-order valence-electron chi connectivity index (χ2n) is 5.61. The number of H-pyrrole nitrogens is 1. The number of phenols is 1. The number of hydrogen-bond acceptors (Lipinski definition) is 5. The van der Waals surface area contributed by atoms with Crippen LogP contribution in [0.5, 0.6) is 5.75 Å². The maximum absolute atomic E-state index is 14.3. The molecule has 4 aromatic rings. The Kier molecular flexibility index (Phi) is 3.64. The van der Waals surface area contributed by atoms with Gasteiger partial charge in [0.2, 0.25) is 5.82 Å². The summed E-state index contributed by atoms with van der Waals surface area (Å²) in [5.41, 5.74) is 1.63. The third kappa shape index (κ3) is 2.93. The molecule has 0 aliphatic heterocycles. The maximum Gasteiger partial charge on any atom is 0.239 e. The molecule has 2 aromatic carbocycles. The summed E-state index contributed by atoms with van der Waals surface area (Å²) in [7, 11) is 0. The molecule has 8 heteroatoms. The number of furan rings is 1. The summed E-state index contributed by atoms with van der Waals surface area (Å²) in [5.74, 6) is -0.781. The van der Waals surface area contributed by atoms with Crippen molar-refractivity contribution in [2.75, 3.05) is 0 Å². The molecule has 0 bridgehead atoms. The van der Waals surface area contributed by atoms with E-state index in [1.165, 1.54) is 18.2 Å². The Morgan fingerprint density at radius 3 is 2.68 bits per heavy atom. The Morgan fingerprint density at radius 1 is 1.04 bits per heavy atom. The van der Waals surface area contributed by atoms with Crippen molar-refractivity contribution in [1.82, 2.24) is 20.6 Å². The van der Waals surface area contributed by atoms with Crippen molar-refractivity contribution >= 4 is 11.0 Å². The van der Waals surface area contributed by atoms with Gasteiger partial charge in [0.25, 0.3) is 0 Å². The van der Waals surface area contributed by atoms with Crippen LogP contribution < -0.4 is 0 Å². The Bertz CT molecular complexity index is 1040. The second kappa shape index (κ2) is 5.97. The number of aromatic amines is 1. The molecular weight excluding hydrogens is 330 g/mol. The normalized spacial score (nSPS) is 11.3. The second-order valence-corrected chi connectivity index (χ2v) is 5.61. The quantitative estimate of drug-likeness (QED) is 0.594. The fourth-order valence-corrected chi connectivity index (χ4v) is 2.65. The number of aromatic nitrogens is 4. The number of fused-ring (bicyclic) bond motifs is 1. The van der Waals surface area contributed by atoms with Crippen LogP contribution in [0, 0.1) is 11.6 Å². The van der Waals surface area contributed by atoms with E-state index in [0.717, 1.165) is 0 Å². The lowest BCUT2D eigenvalue weighted by molar-refractivity contribution is 0.432. The lowest BCUT2D eigenvalue weighted by atomic mass is 10.0. The van der Waals surface area contributed by atoms with Crippen LogP contribution in [0.15, 0.2) is 40.8 Å². The summed E-state index contributed by atoms with van der Waals surface area (Å²) in [6, 6.07) is 8.78. The molecule has 0 fully saturated rings. The van der Waals surface area contributed by atoms with Gasteiger partial charge < -0.3 is 9.52 Å². The molecule has 0 spiro atoms. The van der Waals surface area contributed by atoms with Gasteiger partial charge in [-0.25, -0.2) is 8.78 Å². The van der Waals surface area contributed by atoms with E-state index in [-0.39, 0.29) is 11.6 Å². The molecular formula is C17H12F2N4O2. The molecule has 2 heterocycles. The molecule has 4 rings (SSSR count). The fourth-order valence-electron chi connectivity index (χ4n) is 2.65. The van der Waals surface area contributed by atoms with Gasteiger partial charge in [-0.3, -0.25) is 0 Å². The molecule has 0 aliphatic carbocycles. The van der Waals surface area contributed by atoms with E-state index in [4.69, 9.17) is 4.42 Å². The highest BCUT2D eigenvalue weighted by atomic mass is 19.1. The highest BCUT2D eigenvalue weighted by Gasteiger charge is 2.13. The molecule has 2 N–H and O–H groups in total. The van der Waals surface area contributed by atoms with Crippen molar-refractivity contribution in [3.8, 4) is 17.3 Å². The predicted molar refractivity (Wildman–Crippen MR) is 84.8 cm³/mol. The number of aryl methyl sites for hydroxylation is 2. The zero-order chi connectivity index (χ0) is 17.4. The van der Waals surface area contributed by atoms with Crippen molar-refractivity contribution in [3.63, 3.8) is 0 Å². The number of nitrogens with zero attached hydrogens (tertiary/aromatic N) is 3. The van der Waals surface area contributed by atoms with E-state index in [1.807, 2.05) is 0 Å². The molecule has 0 unspecified atom stereocenters. The Labute approximate surface area is 140 Å². The van der Waals surface area contributed by atoms with Crippen LogP contribution in [-0.4, -0.2) is 25.7 Å². The van der Waals surface area contributed by atoms with Gasteiger partial charge in [0, 0.05) is 5.39 Å². The topological polar surface area (TPSA) is 87.8 Å². The molecule has 6 nitrogen and oxygen atoms in total. The molecule has 0 saturated heterocycles. The number of hydrogen-bond donors (Lipinski definition) is 2. The van der Waals surface area contributed by atoms with E-state index >= 15 is 0 Å². The third-order valence-corrected chi connectivity index (χ3v) is 3.95. The minimum Gasteiger partial charge on any atom is -0.505 e. The van der Waals surface area contributed by atoms with Gasteiger partial charge in [-0.1, -0.05) is 6.07 Å². The van der Waals surface area contributed by atoms with Gasteiger partial charge >= 0.3 is 0 Å². The average Bonchev–Trinajstić information content (AvgIpc) is 3.24. The van der Waals surface area contributed by atoms with Crippen LogP contribution in [-0.2, 0) is 12.8 Å². The maximum atomic E-state index is 14.3. The summed E-state index contributed by atoms with van der Waals surface area (Å²) in [6.07, 6.45) is 0.794. The Morgan fingerprint density at radius 2 is 1.92 bits per heavy atom. The average molecular weight is 342 g/mol. The highest BCUT2D eigenvalue weighted by molar-refractivity contribution is 5.82. The van der Waals surface area contributed by atoms with Crippen molar-refractivity contribution < 1.29 is 18.3 Å². The number of halogens is 2. The number of rotatable bonds is 4. The van der Waals surface area contributed by atoms with Gasteiger partial charge in [-0.2, -0.15) is 5.21 Å². The Hall–Kier alpha value is -3.29. The van der Waals surface area contributed by atoms with Crippen molar-refractivity contribution in [2.45, 2.75) is 12.8 Å². The van der Waals surface area contributed by atoms with Crippen LogP contribution in [0.25, 0.3) is 22.6 Å². The number of nitrogens with one attached hydrogen (secondary N) is 1. The SMILES string of the molecule is Oc1ccc(CCc2cc3oc(-c4nn[nH]n4)cc3cc2F)cc1F. The number of benzene rings is 2. The standard InChI is InChI=1S/C17H12F2N4O2/c18-12-6-11-8-16(17-20-22-23-21-17)25-15(11)7-10(12)3-1-9-2-4-14(24)13(19)5-9/h2,4-8,24H,1,3H2,(H,20,21,22,23). The van der Waals surface area contributed by atoms with Crippen molar-refractivity contribution in [2.24, 2.45) is 0 Å². The summed E-state index contributed by atoms with van der Waals surface area (Å²) < 4.78 is 33.3. The monoisotopic (exact) mass is 342 g/mol. The first-order chi connectivity index (χ1) is 12.1. The molecule has 126 valence electrons. The summed E-state index contributed by atoms with van der Waals surface area (Å²) in [5, 5.41) is 23.2. The zero-order valence-corrected chi connectivity index (χ0v) is 12.8. The van der Waals surface area contributed by atoms with Crippen molar-refractivity contribution in [3.05, 3.63) is 59.2 Å². The number of aromatic hydroxyl groups is 1. The molecule has 0 radical (unpaired) electrons. The summed E-state index contributed by atoms with van der Waals surface area (Å²) in [6.45, 7) is 0. The minimum atomic E-state index is -0.691. The molecule has 0 atom stereocenters. The van der Waals surface area contributed by atoms with Crippen LogP contribution in [0.2, 0.25) is 0 Å². The first kappa shape index (κ1) is 15.3. The third-order valence-electron chi connectivity index (χ3n) is 3.95. The van der Waals surface area contributed by atoms with Gasteiger partial charge in [0.15, 0.2) is 17.3 Å². The van der Waals surface area contributed by atoms with E-state index in [9.17, 15) is 13.9 Å². The Balaban J connectivity index is 1.60. The molecule has 0 aliphatic rings. The van der Waals surface area contributed by atoms with Crippen LogP contribution in [0.3, 0.4) is 0 Å². The zero-order valence-electron chi connectivity index (χ0n) is 12.8. The van der Waals surface area contributed by atoms with Crippen LogP contribution >= 0.6 is 0 Å². The summed E-state index contributed by atoms with van der Waals surface area (Å²) in [4.78, 5) is 0. The van der Waals surface area contributed by atoms with E-state index in [1.54, 1.807) is 18.2 Å². The van der Waals surface area contributed by atoms with Gasteiger partial charge in [0.05, 0.1) is 0 Å². The molecule has 25 heavy (non-hydrogen) atoms. The lowest BCUT2D eigenvalue weighted by Crippen LogP contribution is -1.95.